The van der Waals surface area contributed by atoms with Crippen LogP contribution < -0.4 is 0 Å². The molecule has 1 fully saturated rings. The Bertz CT molecular complexity index is 411. The van der Waals surface area contributed by atoms with E-state index < -0.39 is 0 Å². The maximum Gasteiger partial charge on any atom is 0.295 e. The van der Waals surface area contributed by atoms with Crippen LogP contribution in [0.1, 0.15) is 23.5 Å². The first-order chi connectivity index (χ1) is 9.58. The van der Waals surface area contributed by atoms with Gasteiger partial charge in [-0.3, -0.25) is 4.79 Å². The van der Waals surface area contributed by atoms with Crippen LogP contribution in [0.2, 0.25) is 0 Å². The van der Waals surface area contributed by atoms with Gasteiger partial charge in [0.2, 0.25) is 0 Å². The number of hydrogen-bond donors (Lipinski definition) is 1. The first kappa shape index (κ1) is 14.9. The normalized spacial score (nSPS) is 17.6. The number of likely N-dealkylation sites (tertiary alicyclic amines) is 1. The largest absolute Gasteiger partial charge is 0.331 e. The third kappa shape index (κ3) is 3.73. The van der Waals surface area contributed by atoms with Gasteiger partial charge in [-0.25, -0.2) is 0 Å². The molecule has 0 radical (unpaired) electrons. The smallest absolute Gasteiger partial charge is 0.295 e. The van der Waals surface area contributed by atoms with Gasteiger partial charge in [-0.2, -0.15) is 5.21 Å². The molecule has 2 heterocycles. The molecular weight excluding hydrogens is 258 g/mol. The summed E-state index contributed by atoms with van der Waals surface area (Å²) < 4.78 is 0. The van der Waals surface area contributed by atoms with Gasteiger partial charge in [0.05, 0.1) is 0 Å². The number of H-pyrrole nitrogens is 1. The van der Waals surface area contributed by atoms with Crippen molar-refractivity contribution in [3.8, 4) is 0 Å². The van der Waals surface area contributed by atoms with Crippen molar-refractivity contribution >= 4 is 5.91 Å². The number of nitrogens with zero attached hydrogens (tertiary/aromatic N) is 6. The first-order valence-corrected chi connectivity index (χ1v) is 6.95. The second kappa shape index (κ2) is 6.76. The van der Waals surface area contributed by atoms with Gasteiger partial charge < -0.3 is 14.7 Å². The summed E-state index contributed by atoms with van der Waals surface area (Å²) in [4.78, 5) is 18.8. The molecule has 8 heteroatoms. The van der Waals surface area contributed by atoms with E-state index >= 15 is 0 Å². The highest BCUT2D eigenvalue weighted by Gasteiger charge is 2.29. The molecule has 0 aromatic carbocycles. The Morgan fingerprint density at radius 3 is 2.60 bits per heavy atom. The number of likely N-dealkylation sites (N-methyl/N-ethyl adjacent to an activating group) is 1. The molecule has 1 aliphatic rings. The minimum absolute atomic E-state index is 0.129. The van der Waals surface area contributed by atoms with Crippen molar-refractivity contribution in [1.82, 2.24) is 35.3 Å². The van der Waals surface area contributed by atoms with E-state index in [2.05, 4.69) is 37.5 Å². The quantitative estimate of drug-likeness (QED) is 0.768. The first-order valence-electron chi connectivity index (χ1n) is 6.95. The lowest BCUT2D eigenvalue weighted by atomic mass is 10.0. The van der Waals surface area contributed by atoms with Gasteiger partial charge in [0.1, 0.15) is 0 Å². The van der Waals surface area contributed by atoms with Crippen molar-refractivity contribution in [3.63, 3.8) is 0 Å². The van der Waals surface area contributed by atoms with Gasteiger partial charge in [0, 0.05) is 19.1 Å². The highest BCUT2D eigenvalue weighted by molar-refractivity contribution is 5.90. The molecule has 1 aromatic heterocycles. The third-order valence-electron chi connectivity index (χ3n) is 3.71. The summed E-state index contributed by atoms with van der Waals surface area (Å²) in [6.45, 7) is 3.55. The van der Waals surface area contributed by atoms with Gasteiger partial charge in [-0.15, -0.1) is 10.2 Å². The number of piperidine rings is 1. The van der Waals surface area contributed by atoms with Crippen molar-refractivity contribution in [3.05, 3.63) is 5.82 Å². The number of rotatable bonds is 5. The molecule has 20 heavy (non-hydrogen) atoms. The van der Waals surface area contributed by atoms with Gasteiger partial charge in [-0.1, -0.05) is 0 Å². The van der Waals surface area contributed by atoms with Crippen LogP contribution in [-0.2, 0) is 0 Å². The van der Waals surface area contributed by atoms with E-state index in [1.807, 2.05) is 19.0 Å². The summed E-state index contributed by atoms with van der Waals surface area (Å²) in [7, 11) is 6.12. The lowest BCUT2D eigenvalue weighted by Gasteiger charge is -2.37. The van der Waals surface area contributed by atoms with Crippen LogP contribution in [0.15, 0.2) is 0 Å². The molecule has 1 saturated heterocycles. The van der Waals surface area contributed by atoms with E-state index in [0.717, 1.165) is 32.5 Å². The molecule has 0 unspecified atom stereocenters. The van der Waals surface area contributed by atoms with E-state index in [1.165, 1.54) is 0 Å². The average Bonchev–Trinajstić information content (AvgIpc) is 2.94. The number of aromatic amines is 1. The summed E-state index contributed by atoms with van der Waals surface area (Å²) in [5.41, 5.74) is 0. The number of aromatic nitrogens is 4. The number of hydrogen-bond acceptors (Lipinski definition) is 6. The number of amides is 1. The number of tetrazole rings is 1. The van der Waals surface area contributed by atoms with Crippen molar-refractivity contribution < 1.29 is 4.79 Å². The molecule has 0 spiro atoms. The Labute approximate surface area is 119 Å². The Kier molecular flexibility index (Phi) is 5.02. The molecule has 0 atom stereocenters. The van der Waals surface area contributed by atoms with Crippen molar-refractivity contribution in [2.45, 2.75) is 18.9 Å². The average molecular weight is 281 g/mol. The summed E-state index contributed by atoms with van der Waals surface area (Å²) in [6, 6.07) is 0.261. The SMILES string of the molecule is CN(C)CCN(C(=O)c1nn[nH]n1)C1CCN(C)CC1. The standard InChI is InChI=1S/C12H23N7O/c1-17(2)8-9-19(10-4-6-18(3)7-5-10)12(20)11-13-15-16-14-11/h10H,4-9H2,1-3H3,(H,13,14,15,16). The molecule has 2 rings (SSSR count). The fraction of sp³-hybridized carbons (Fsp3) is 0.833. The molecule has 112 valence electrons. The third-order valence-corrected chi connectivity index (χ3v) is 3.71. The van der Waals surface area contributed by atoms with E-state index in [0.29, 0.717) is 6.54 Å². The second-order valence-electron chi connectivity index (χ2n) is 5.57. The van der Waals surface area contributed by atoms with Crippen LogP contribution in [0.25, 0.3) is 0 Å². The Hall–Kier alpha value is -1.54. The van der Waals surface area contributed by atoms with E-state index in [-0.39, 0.29) is 17.8 Å². The van der Waals surface area contributed by atoms with Crippen LogP contribution in [0.4, 0.5) is 0 Å². The van der Waals surface area contributed by atoms with Crippen molar-refractivity contribution in [2.24, 2.45) is 0 Å². The maximum atomic E-state index is 12.5. The second-order valence-corrected chi connectivity index (χ2v) is 5.57. The minimum atomic E-state index is -0.129. The van der Waals surface area contributed by atoms with Crippen LogP contribution in [-0.4, -0.2) is 94.6 Å². The lowest BCUT2D eigenvalue weighted by Crippen LogP contribution is -2.48. The Morgan fingerprint density at radius 1 is 1.35 bits per heavy atom. The molecule has 1 aliphatic heterocycles. The van der Waals surface area contributed by atoms with Gasteiger partial charge in [-0.05, 0) is 52.3 Å². The zero-order valence-electron chi connectivity index (χ0n) is 12.4. The number of carbonyl (C=O) groups excluding carboxylic acids is 1. The highest BCUT2D eigenvalue weighted by atomic mass is 16.2. The Morgan fingerprint density at radius 2 is 2.05 bits per heavy atom. The van der Waals surface area contributed by atoms with Gasteiger partial charge >= 0.3 is 0 Å². The van der Waals surface area contributed by atoms with Crippen molar-refractivity contribution in [2.75, 3.05) is 47.3 Å². The summed E-state index contributed by atoms with van der Waals surface area (Å²) in [5, 5.41) is 13.4. The number of carbonyl (C=O) groups is 1. The van der Waals surface area contributed by atoms with Crippen LogP contribution in [0, 0.1) is 0 Å². The fourth-order valence-electron chi connectivity index (χ4n) is 2.45. The molecule has 1 amide bonds. The maximum absolute atomic E-state index is 12.5. The molecule has 0 saturated carbocycles. The van der Waals surface area contributed by atoms with Gasteiger partial charge in [0.25, 0.3) is 11.7 Å². The lowest BCUT2D eigenvalue weighted by molar-refractivity contribution is 0.0562. The van der Waals surface area contributed by atoms with Gasteiger partial charge in [0.15, 0.2) is 0 Å². The van der Waals surface area contributed by atoms with Crippen LogP contribution in [0.3, 0.4) is 0 Å². The molecule has 0 aliphatic carbocycles. The molecule has 1 aromatic rings. The van der Waals surface area contributed by atoms with E-state index in [4.69, 9.17) is 0 Å². The monoisotopic (exact) mass is 281 g/mol. The fourth-order valence-corrected chi connectivity index (χ4v) is 2.45. The number of nitrogens with one attached hydrogen (secondary N) is 1. The van der Waals surface area contributed by atoms with Crippen LogP contribution in [0.5, 0.6) is 0 Å². The van der Waals surface area contributed by atoms with Crippen LogP contribution >= 0.6 is 0 Å². The molecular formula is C12H23N7O. The summed E-state index contributed by atoms with van der Waals surface area (Å²) in [6.07, 6.45) is 1.99. The highest BCUT2D eigenvalue weighted by Crippen LogP contribution is 2.17. The zero-order chi connectivity index (χ0) is 14.5. The molecule has 1 N–H and O–H groups in total. The topological polar surface area (TPSA) is 81.2 Å². The predicted molar refractivity (Wildman–Crippen MR) is 74.3 cm³/mol. The van der Waals surface area contributed by atoms with E-state index in [9.17, 15) is 4.79 Å². The summed E-state index contributed by atoms with van der Waals surface area (Å²) >= 11 is 0. The predicted octanol–water partition coefficient (Wildman–Crippen LogP) is -0.702. The minimum Gasteiger partial charge on any atom is -0.331 e. The molecule has 8 nitrogen and oxygen atoms in total. The zero-order valence-corrected chi connectivity index (χ0v) is 12.4. The molecule has 0 bridgehead atoms. The summed E-state index contributed by atoms with van der Waals surface area (Å²) in [5.74, 6) is 0.0258. The van der Waals surface area contributed by atoms with E-state index in [1.54, 1.807) is 0 Å². The Balaban J connectivity index is 2.05. The van der Waals surface area contributed by atoms with Crippen molar-refractivity contribution in [1.29, 1.82) is 0 Å².